The number of hydrogen-bond donors (Lipinski definition) is 2. The molecular weight excluding hydrogens is 272 g/mol. The maximum Gasteiger partial charge on any atom is 0.572 e. The molecule has 0 bridgehead atoms. The second-order valence-electron chi connectivity index (χ2n) is 4.24. The maximum absolute atomic E-state index is 5.63. The summed E-state index contributed by atoms with van der Waals surface area (Å²) in [4.78, 5) is 0. The minimum Gasteiger partial charge on any atom is -0.369 e. The van der Waals surface area contributed by atoms with Gasteiger partial charge in [-0.2, -0.15) is 0 Å². The minimum atomic E-state index is -2.99. The normalized spacial score (nSPS) is 15.7. The van der Waals surface area contributed by atoms with Crippen LogP contribution in [0.5, 0.6) is 0 Å². The molecule has 0 aliphatic rings. The third-order valence-electron chi connectivity index (χ3n) is 2.32. The quantitative estimate of drug-likeness (QED) is 0.453. The third-order valence-corrected chi connectivity index (χ3v) is 4.29. The Hall–Kier alpha value is -1.08. The van der Waals surface area contributed by atoms with Gasteiger partial charge in [-0.25, -0.2) is 0 Å². The lowest BCUT2D eigenvalue weighted by molar-refractivity contribution is 0.0185. The van der Waals surface area contributed by atoms with Crippen LogP contribution in [0.3, 0.4) is 0 Å². The SMILES string of the molecule is C=C[Si](OCC)(ONC(C)=CCC)ONC(C)=CCC. The molecule has 2 N–H and O–H groups in total. The zero-order valence-corrected chi connectivity index (χ0v) is 14.3. The summed E-state index contributed by atoms with van der Waals surface area (Å²) in [5.41, 5.74) is 9.13. The van der Waals surface area contributed by atoms with Crippen molar-refractivity contribution in [2.24, 2.45) is 0 Å². The summed E-state index contributed by atoms with van der Waals surface area (Å²) >= 11 is 0. The van der Waals surface area contributed by atoms with Gasteiger partial charge in [0.25, 0.3) is 0 Å². The average Bonchev–Trinajstić information content (AvgIpc) is 2.43. The number of nitrogens with one attached hydrogen (secondary N) is 2. The maximum atomic E-state index is 5.63. The van der Waals surface area contributed by atoms with Crippen molar-refractivity contribution in [3.8, 4) is 0 Å². The summed E-state index contributed by atoms with van der Waals surface area (Å²) in [6.07, 6.45) is 5.89. The van der Waals surface area contributed by atoms with E-state index in [1.54, 1.807) is 5.70 Å². The molecule has 116 valence electrons. The molecular formula is C14H28N2O3Si. The van der Waals surface area contributed by atoms with Gasteiger partial charge < -0.3 is 4.43 Å². The largest absolute Gasteiger partial charge is 0.572 e. The van der Waals surface area contributed by atoms with Crippen LogP contribution in [-0.4, -0.2) is 15.4 Å². The lowest BCUT2D eigenvalue weighted by Gasteiger charge is -2.26. The highest BCUT2D eigenvalue weighted by Gasteiger charge is 2.40. The molecule has 0 radical (unpaired) electrons. The van der Waals surface area contributed by atoms with Gasteiger partial charge in [0.1, 0.15) is 0 Å². The second-order valence-corrected chi connectivity index (χ2v) is 6.55. The van der Waals surface area contributed by atoms with Crippen LogP contribution in [0.25, 0.3) is 0 Å². The Bertz CT molecular complexity index is 319. The third kappa shape index (κ3) is 7.49. The van der Waals surface area contributed by atoms with Gasteiger partial charge in [0.2, 0.25) is 0 Å². The smallest absolute Gasteiger partial charge is 0.369 e. The van der Waals surface area contributed by atoms with Gasteiger partial charge >= 0.3 is 8.80 Å². The predicted octanol–water partition coefficient (Wildman–Crippen LogP) is 3.36. The standard InChI is InChI=1S/C14H28N2O3Si/c1-7-11-13(5)15-18-20(10-4,17-9-3)19-16-14(6)12-8-2/h10-12,15-16H,4,7-9H2,1-3,5-6H3. The number of hydroxylamine groups is 2. The van der Waals surface area contributed by atoms with Gasteiger partial charge in [-0.3, -0.25) is 20.0 Å². The highest BCUT2D eigenvalue weighted by atomic mass is 28.4. The average molecular weight is 300 g/mol. The summed E-state index contributed by atoms with van der Waals surface area (Å²) in [7, 11) is -2.99. The Kier molecular flexibility index (Phi) is 10.1. The van der Waals surface area contributed by atoms with E-state index in [1.165, 1.54) is 0 Å². The van der Waals surface area contributed by atoms with E-state index in [9.17, 15) is 0 Å². The van der Waals surface area contributed by atoms with Crippen LogP contribution in [0.15, 0.2) is 35.8 Å². The van der Waals surface area contributed by atoms with Crippen molar-refractivity contribution in [3.05, 3.63) is 35.8 Å². The van der Waals surface area contributed by atoms with Gasteiger partial charge in [-0.05, 0) is 39.3 Å². The highest BCUT2D eigenvalue weighted by Crippen LogP contribution is 2.10. The predicted molar refractivity (Wildman–Crippen MR) is 84.1 cm³/mol. The Morgan fingerprint density at radius 3 is 1.75 bits per heavy atom. The van der Waals surface area contributed by atoms with E-state index in [1.807, 2.05) is 32.9 Å². The molecule has 0 aliphatic heterocycles. The van der Waals surface area contributed by atoms with E-state index < -0.39 is 8.80 Å². The lowest BCUT2D eigenvalue weighted by Crippen LogP contribution is -2.50. The summed E-state index contributed by atoms with van der Waals surface area (Å²) < 4.78 is 16.9. The fourth-order valence-corrected chi connectivity index (χ4v) is 2.88. The molecule has 0 aromatic rings. The zero-order valence-electron chi connectivity index (χ0n) is 13.3. The number of hydrogen-bond acceptors (Lipinski definition) is 5. The number of rotatable bonds is 11. The van der Waals surface area contributed by atoms with Gasteiger partial charge in [0.05, 0.1) is 0 Å². The molecule has 5 nitrogen and oxygen atoms in total. The van der Waals surface area contributed by atoms with Crippen LogP contribution >= 0.6 is 0 Å². The van der Waals surface area contributed by atoms with Crippen molar-refractivity contribution in [2.45, 2.75) is 47.5 Å². The first-order valence-electron chi connectivity index (χ1n) is 7.02. The van der Waals surface area contributed by atoms with Crippen LogP contribution in [0.4, 0.5) is 0 Å². The first-order valence-corrected chi connectivity index (χ1v) is 8.82. The van der Waals surface area contributed by atoms with Gasteiger partial charge in [-0.1, -0.05) is 32.6 Å². The Labute approximate surface area is 124 Å². The van der Waals surface area contributed by atoms with Crippen LogP contribution in [-0.2, 0) is 13.5 Å². The fourth-order valence-electron chi connectivity index (χ4n) is 1.42. The summed E-state index contributed by atoms with van der Waals surface area (Å²) in [6.45, 7) is 14.1. The molecule has 0 spiro atoms. The van der Waals surface area contributed by atoms with Gasteiger partial charge in [0.15, 0.2) is 0 Å². The van der Waals surface area contributed by atoms with Crippen molar-refractivity contribution >= 4 is 8.80 Å². The molecule has 0 aromatic heterocycles. The molecule has 0 saturated carbocycles. The van der Waals surface area contributed by atoms with E-state index in [4.69, 9.17) is 13.5 Å². The fraction of sp³-hybridized carbons (Fsp3) is 0.571. The molecule has 0 aliphatic carbocycles. The first-order chi connectivity index (χ1) is 9.53. The van der Waals surface area contributed by atoms with Crippen molar-refractivity contribution in [3.63, 3.8) is 0 Å². The highest BCUT2D eigenvalue weighted by molar-refractivity contribution is 6.66. The van der Waals surface area contributed by atoms with Crippen LogP contribution in [0, 0.1) is 0 Å². The summed E-state index contributed by atoms with van der Waals surface area (Å²) in [5.74, 6) is 0. The van der Waals surface area contributed by atoms with Crippen LogP contribution < -0.4 is 11.0 Å². The zero-order chi connectivity index (χ0) is 15.4. The molecule has 0 aromatic carbocycles. The Balaban J connectivity index is 4.68. The van der Waals surface area contributed by atoms with E-state index in [2.05, 4.69) is 31.4 Å². The van der Waals surface area contributed by atoms with Crippen molar-refractivity contribution < 1.29 is 13.5 Å². The second kappa shape index (κ2) is 10.7. The Morgan fingerprint density at radius 2 is 1.45 bits per heavy atom. The van der Waals surface area contributed by atoms with Gasteiger partial charge in [0, 0.05) is 18.0 Å². The summed E-state index contributed by atoms with van der Waals surface area (Å²) in [5, 5.41) is 0. The molecule has 6 heteroatoms. The molecule has 20 heavy (non-hydrogen) atoms. The molecule has 0 atom stereocenters. The van der Waals surface area contributed by atoms with Crippen molar-refractivity contribution in [2.75, 3.05) is 6.61 Å². The van der Waals surface area contributed by atoms with E-state index in [0.29, 0.717) is 6.61 Å². The van der Waals surface area contributed by atoms with E-state index in [0.717, 1.165) is 24.2 Å². The van der Waals surface area contributed by atoms with Crippen molar-refractivity contribution in [1.82, 2.24) is 11.0 Å². The topological polar surface area (TPSA) is 51.8 Å². The van der Waals surface area contributed by atoms with Crippen LogP contribution in [0.1, 0.15) is 47.5 Å². The van der Waals surface area contributed by atoms with E-state index >= 15 is 0 Å². The molecule has 0 saturated heterocycles. The monoisotopic (exact) mass is 300 g/mol. The lowest BCUT2D eigenvalue weighted by atomic mass is 10.4. The Morgan fingerprint density at radius 1 is 1.00 bits per heavy atom. The molecule has 0 unspecified atom stereocenters. The molecule has 0 rings (SSSR count). The van der Waals surface area contributed by atoms with E-state index in [-0.39, 0.29) is 0 Å². The minimum absolute atomic E-state index is 0.481. The number of allylic oxidation sites excluding steroid dienone is 4. The van der Waals surface area contributed by atoms with Crippen molar-refractivity contribution in [1.29, 1.82) is 0 Å². The van der Waals surface area contributed by atoms with Gasteiger partial charge in [-0.15, -0.1) is 0 Å². The first kappa shape index (κ1) is 18.9. The van der Waals surface area contributed by atoms with Crippen LogP contribution in [0.2, 0.25) is 0 Å². The summed E-state index contributed by atoms with van der Waals surface area (Å²) in [6, 6.07) is 0. The molecule has 0 fully saturated rings. The molecule has 0 amide bonds. The molecule has 0 heterocycles.